The molecule has 1 aromatic carbocycles. The Bertz CT molecular complexity index is 715. The molecule has 158 valence electrons. The molecule has 7 heteroatoms. The highest BCUT2D eigenvalue weighted by Crippen LogP contribution is 2.34. The summed E-state index contributed by atoms with van der Waals surface area (Å²) in [6.45, 7) is 5.60. The zero-order chi connectivity index (χ0) is 20.5. The van der Waals surface area contributed by atoms with E-state index in [4.69, 9.17) is 21.7 Å². The first kappa shape index (κ1) is 22.3. The minimum absolute atomic E-state index is 0.0506. The van der Waals surface area contributed by atoms with E-state index in [1.807, 2.05) is 35.4 Å². The Morgan fingerprint density at radius 1 is 1.10 bits per heavy atom. The van der Waals surface area contributed by atoms with Crippen LogP contribution >= 0.6 is 24.0 Å². The Balaban J connectivity index is 1.49. The fourth-order valence-electron chi connectivity index (χ4n) is 3.34. The maximum Gasteiger partial charge on any atom is 0.280 e. The van der Waals surface area contributed by atoms with Gasteiger partial charge in [-0.1, -0.05) is 75.1 Å². The molecular formula is C22H30N2O3S2. The average Bonchev–Trinajstić information content (AvgIpc) is 3.02. The molecule has 0 saturated carbocycles. The van der Waals surface area contributed by atoms with Crippen LogP contribution in [0.2, 0.25) is 0 Å². The molecule has 29 heavy (non-hydrogen) atoms. The largest absolute Gasteiger partial charge is 0.494 e. The number of nitrogens with zero attached hydrogens (tertiary/aromatic N) is 2. The monoisotopic (exact) mass is 434 g/mol. The maximum absolute atomic E-state index is 12.8. The Morgan fingerprint density at radius 3 is 2.52 bits per heavy atom. The highest BCUT2D eigenvalue weighted by Gasteiger charge is 2.36. The maximum atomic E-state index is 12.8. The molecule has 1 amide bonds. The van der Waals surface area contributed by atoms with Crippen LogP contribution in [0.3, 0.4) is 0 Å². The summed E-state index contributed by atoms with van der Waals surface area (Å²) in [5.41, 5.74) is 0.972. The van der Waals surface area contributed by atoms with Gasteiger partial charge in [-0.15, -0.1) is 0 Å². The second-order valence-corrected chi connectivity index (χ2v) is 8.92. The average molecular weight is 435 g/mol. The molecule has 2 saturated heterocycles. The first-order valence-electron chi connectivity index (χ1n) is 10.5. The lowest BCUT2D eigenvalue weighted by Crippen LogP contribution is -2.50. The molecule has 0 radical (unpaired) electrons. The normalized spacial score (nSPS) is 19.3. The minimum Gasteiger partial charge on any atom is -0.494 e. The van der Waals surface area contributed by atoms with Gasteiger partial charge >= 0.3 is 0 Å². The van der Waals surface area contributed by atoms with Gasteiger partial charge in [0.05, 0.1) is 24.7 Å². The number of thiocarbonyl (C=S) groups is 1. The van der Waals surface area contributed by atoms with E-state index in [1.165, 1.54) is 43.9 Å². The van der Waals surface area contributed by atoms with Crippen molar-refractivity contribution in [1.82, 2.24) is 10.0 Å². The quantitative estimate of drug-likeness (QED) is 0.297. The van der Waals surface area contributed by atoms with E-state index < -0.39 is 0 Å². The number of hydrogen-bond donors (Lipinski definition) is 0. The van der Waals surface area contributed by atoms with Crippen molar-refractivity contribution in [3.8, 4) is 5.75 Å². The zero-order valence-electron chi connectivity index (χ0n) is 17.1. The fraction of sp³-hybridized carbons (Fsp3) is 0.545. The zero-order valence-corrected chi connectivity index (χ0v) is 18.7. The summed E-state index contributed by atoms with van der Waals surface area (Å²) in [4.78, 5) is 13.5. The summed E-state index contributed by atoms with van der Waals surface area (Å²) >= 11 is 6.78. The van der Waals surface area contributed by atoms with Gasteiger partial charge in [-0.25, -0.2) is 10.0 Å². The van der Waals surface area contributed by atoms with Crippen molar-refractivity contribution in [3.63, 3.8) is 0 Å². The third kappa shape index (κ3) is 6.54. The smallest absolute Gasteiger partial charge is 0.280 e. The van der Waals surface area contributed by atoms with Crippen molar-refractivity contribution in [2.45, 2.75) is 45.4 Å². The molecule has 1 aromatic rings. The van der Waals surface area contributed by atoms with Gasteiger partial charge in [0.1, 0.15) is 5.75 Å². The molecule has 0 aliphatic carbocycles. The number of unbranched alkanes of at least 4 members (excludes halogenated alkanes) is 5. The van der Waals surface area contributed by atoms with Crippen molar-refractivity contribution in [1.29, 1.82) is 0 Å². The van der Waals surface area contributed by atoms with Crippen LogP contribution in [0.25, 0.3) is 6.08 Å². The Hall–Kier alpha value is -1.41. The van der Waals surface area contributed by atoms with Crippen LogP contribution in [0.1, 0.15) is 51.0 Å². The summed E-state index contributed by atoms with van der Waals surface area (Å²) in [7, 11) is 0. The molecule has 2 aliphatic rings. The van der Waals surface area contributed by atoms with Crippen molar-refractivity contribution in [2.24, 2.45) is 0 Å². The standard InChI is InChI=1S/C22H30N2O3S2/c1-2-3-4-5-6-7-14-27-19-10-8-18(9-11-19)17-20-21(25)24(22(28)29-20)23-12-15-26-16-13-23/h8-11,17H,2-7,12-16H2,1H3/b20-17-. The van der Waals surface area contributed by atoms with Crippen LogP contribution < -0.4 is 4.74 Å². The van der Waals surface area contributed by atoms with Gasteiger partial charge in [-0.05, 0) is 30.2 Å². The fourth-order valence-corrected chi connectivity index (χ4v) is 4.65. The molecule has 5 nitrogen and oxygen atoms in total. The Labute approximate surface area is 183 Å². The molecule has 0 spiro atoms. The van der Waals surface area contributed by atoms with Gasteiger partial charge in [0, 0.05) is 13.1 Å². The number of rotatable bonds is 10. The van der Waals surface area contributed by atoms with E-state index in [9.17, 15) is 4.79 Å². The van der Waals surface area contributed by atoms with Crippen molar-refractivity contribution in [3.05, 3.63) is 34.7 Å². The number of hydrazine groups is 1. The van der Waals surface area contributed by atoms with Crippen LogP contribution in [0.15, 0.2) is 29.2 Å². The van der Waals surface area contributed by atoms with Crippen LogP contribution in [0.5, 0.6) is 5.75 Å². The summed E-state index contributed by atoms with van der Waals surface area (Å²) in [5, 5.41) is 3.59. The van der Waals surface area contributed by atoms with Gasteiger partial charge in [-0.2, -0.15) is 0 Å². The predicted molar refractivity (Wildman–Crippen MR) is 123 cm³/mol. The number of ether oxygens (including phenoxy) is 2. The van der Waals surface area contributed by atoms with Crippen molar-refractivity contribution >= 4 is 40.3 Å². The molecule has 0 bridgehead atoms. The van der Waals surface area contributed by atoms with Gasteiger partial charge < -0.3 is 9.47 Å². The first-order valence-corrected chi connectivity index (χ1v) is 11.7. The van der Waals surface area contributed by atoms with E-state index in [2.05, 4.69) is 6.92 Å². The minimum atomic E-state index is -0.0506. The molecule has 0 N–H and O–H groups in total. The van der Waals surface area contributed by atoms with E-state index >= 15 is 0 Å². The third-order valence-corrected chi connectivity index (χ3v) is 6.27. The molecule has 0 aromatic heterocycles. The van der Waals surface area contributed by atoms with E-state index in [0.717, 1.165) is 24.3 Å². The van der Waals surface area contributed by atoms with Crippen molar-refractivity contribution in [2.75, 3.05) is 32.9 Å². The Morgan fingerprint density at radius 2 is 1.79 bits per heavy atom. The lowest BCUT2D eigenvalue weighted by atomic mass is 10.1. The van der Waals surface area contributed by atoms with Gasteiger partial charge in [0.2, 0.25) is 0 Å². The van der Waals surface area contributed by atoms with E-state index in [1.54, 1.807) is 5.01 Å². The van der Waals surface area contributed by atoms with E-state index in [-0.39, 0.29) is 5.91 Å². The van der Waals surface area contributed by atoms with Gasteiger partial charge in [-0.3, -0.25) is 4.79 Å². The summed E-state index contributed by atoms with van der Waals surface area (Å²) in [6, 6.07) is 7.90. The number of thioether (sulfide) groups is 1. The van der Waals surface area contributed by atoms with E-state index in [0.29, 0.717) is 35.5 Å². The Kier molecular flexibility index (Phi) is 8.98. The molecule has 0 unspecified atom stereocenters. The number of amides is 1. The molecule has 2 heterocycles. The molecular weight excluding hydrogens is 404 g/mol. The molecule has 3 rings (SSSR count). The second kappa shape index (κ2) is 11.7. The predicted octanol–water partition coefficient (Wildman–Crippen LogP) is 4.87. The van der Waals surface area contributed by atoms with Crippen molar-refractivity contribution < 1.29 is 14.3 Å². The van der Waals surface area contributed by atoms with Crippen LogP contribution in [-0.2, 0) is 9.53 Å². The molecule has 0 atom stereocenters. The van der Waals surface area contributed by atoms with Crippen LogP contribution in [0.4, 0.5) is 0 Å². The second-order valence-electron chi connectivity index (χ2n) is 7.24. The summed E-state index contributed by atoms with van der Waals surface area (Å²) in [6.07, 6.45) is 9.44. The highest BCUT2D eigenvalue weighted by atomic mass is 32.2. The third-order valence-electron chi connectivity index (χ3n) is 4.99. The molecule has 2 fully saturated rings. The lowest BCUT2D eigenvalue weighted by Gasteiger charge is -2.33. The first-order chi connectivity index (χ1) is 14.2. The number of carbonyl (C=O) groups excluding carboxylic acids is 1. The summed E-state index contributed by atoms with van der Waals surface area (Å²) in [5.74, 6) is 0.821. The number of carbonyl (C=O) groups is 1. The SMILES string of the molecule is CCCCCCCCOc1ccc(/C=C2\SC(=S)N(N3CCOCC3)C2=O)cc1. The van der Waals surface area contributed by atoms with Crippen LogP contribution in [0, 0.1) is 0 Å². The summed E-state index contributed by atoms with van der Waals surface area (Å²) < 4.78 is 11.8. The number of hydrogen-bond acceptors (Lipinski definition) is 6. The number of benzene rings is 1. The van der Waals surface area contributed by atoms with Crippen LogP contribution in [-0.4, -0.2) is 53.2 Å². The topological polar surface area (TPSA) is 42.0 Å². The number of morpholine rings is 1. The lowest BCUT2D eigenvalue weighted by molar-refractivity contribution is -0.138. The highest BCUT2D eigenvalue weighted by molar-refractivity contribution is 8.26. The van der Waals surface area contributed by atoms with Gasteiger partial charge in [0.25, 0.3) is 5.91 Å². The van der Waals surface area contributed by atoms with Gasteiger partial charge in [0.15, 0.2) is 4.32 Å². The molecule has 2 aliphatic heterocycles.